The van der Waals surface area contributed by atoms with Gasteiger partial charge in [-0.15, -0.1) is 11.3 Å². The minimum absolute atomic E-state index is 0.213. The van der Waals surface area contributed by atoms with Crippen LogP contribution in [0.3, 0.4) is 0 Å². The molecule has 2 rings (SSSR count). The van der Waals surface area contributed by atoms with E-state index in [-0.39, 0.29) is 6.61 Å². The number of thiazole rings is 1. The molecule has 0 radical (unpaired) electrons. The maximum Gasteiger partial charge on any atom is 0.237 e. The number of aliphatic hydroxyl groups is 1. The molecule has 2 N–H and O–H groups in total. The second-order valence-corrected chi connectivity index (χ2v) is 4.25. The molecular weight excluding hydrogens is 226 g/mol. The van der Waals surface area contributed by atoms with Crippen molar-refractivity contribution < 1.29 is 9.84 Å². The molecule has 0 saturated carbocycles. The number of methoxy groups -OCH3 is 1. The maximum absolute atomic E-state index is 8.68. The molecule has 0 fully saturated rings. The van der Waals surface area contributed by atoms with Gasteiger partial charge in [0.25, 0.3) is 0 Å². The van der Waals surface area contributed by atoms with Crippen molar-refractivity contribution in [3.05, 3.63) is 17.3 Å². The summed E-state index contributed by atoms with van der Waals surface area (Å²) in [5.41, 5.74) is 1.02. The van der Waals surface area contributed by atoms with Gasteiger partial charge in [-0.2, -0.15) is 4.98 Å². The van der Waals surface area contributed by atoms with E-state index in [0.29, 0.717) is 12.4 Å². The number of rotatable bonds is 6. The molecule has 0 aliphatic rings. The van der Waals surface area contributed by atoms with Crippen molar-refractivity contribution in [2.45, 2.75) is 13.0 Å². The van der Waals surface area contributed by atoms with Gasteiger partial charge in [0.2, 0.25) is 5.88 Å². The first-order valence-corrected chi connectivity index (χ1v) is 6.04. The van der Waals surface area contributed by atoms with Crippen LogP contribution >= 0.6 is 11.3 Å². The number of nitrogens with zero attached hydrogens (tertiary/aromatic N) is 2. The normalized spacial score (nSPS) is 11.1. The van der Waals surface area contributed by atoms with E-state index >= 15 is 0 Å². The third-order valence-corrected chi connectivity index (χ3v) is 3.08. The van der Waals surface area contributed by atoms with Crippen LogP contribution in [0.25, 0.3) is 4.96 Å². The van der Waals surface area contributed by atoms with Gasteiger partial charge in [0.1, 0.15) is 5.69 Å². The van der Waals surface area contributed by atoms with Crippen LogP contribution in [0.15, 0.2) is 11.6 Å². The number of hydrogen-bond donors (Lipinski definition) is 2. The zero-order valence-electron chi connectivity index (χ0n) is 9.14. The first-order chi connectivity index (χ1) is 7.86. The molecular formula is C10H15N3O2S. The third-order valence-electron chi connectivity index (χ3n) is 2.32. The van der Waals surface area contributed by atoms with Gasteiger partial charge in [-0.05, 0) is 13.0 Å². The molecule has 6 heteroatoms. The summed E-state index contributed by atoms with van der Waals surface area (Å²) < 4.78 is 7.25. The first-order valence-electron chi connectivity index (χ1n) is 5.17. The Kier molecular flexibility index (Phi) is 3.76. The number of aromatic nitrogens is 2. The molecule has 0 unspecified atom stereocenters. The summed E-state index contributed by atoms with van der Waals surface area (Å²) in [6, 6.07) is 0. The van der Waals surface area contributed by atoms with E-state index in [0.717, 1.165) is 23.6 Å². The van der Waals surface area contributed by atoms with E-state index < -0.39 is 0 Å². The highest BCUT2D eigenvalue weighted by Gasteiger charge is 2.12. The second-order valence-electron chi connectivity index (χ2n) is 3.38. The van der Waals surface area contributed by atoms with Gasteiger partial charge >= 0.3 is 0 Å². The largest absolute Gasteiger partial charge is 0.480 e. The lowest BCUT2D eigenvalue weighted by atomic mass is 10.4. The van der Waals surface area contributed by atoms with Crippen molar-refractivity contribution in [2.75, 3.05) is 20.3 Å². The molecule has 0 aliphatic heterocycles. The minimum atomic E-state index is 0.213. The van der Waals surface area contributed by atoms with Crippen molar-refractivity contribution in [2.24, 2.45) is 0 Å². The fourth-order valence-electron chi connectivity index (χ4n) is 1.55. The molecule has 0 amide bonds. The topological polar surface area (TPSA) is 58.8 Å². The van der Waals surface area contributed by atoms with Gasteiger partial charge < -0.3 is 15.2 Å². The van der Waals surface area contributed by atoms with Gasteiger partial charge in [-0.3, -0.25) is 4.40 Å². The van der Waals surface area contributed by atoms with Crippen molar-refractivity contribution in [1.82, 2.24) is 14.7 Å². The number of imidazole rings is 1. The Hall–Kier alpha value is -1.11. The van der Waals surface area contributed by atoms with Crippen LogP contribution in [0, 0.1) is 0 Å². The number of ether oxygens (including phenoxy) is 1. The highest BCUT2D eigenvalue weighted by molar-refractivity contribution is 7.15. The highest BCUT2D eigenvalue weighted by Crippen LogP contribution is 2.22. The summed E-state index contributed by atoms with van der Waals surface area (Å²) in [4.78, 5) is 5.30. The van der Waals surface area contributed by atoms with Crippen molar-refractivity contribution >= 4 is 16.3 Å². The van der Waals surface area contributed by atoms with Crippen LogP contribution in [0.1, 0.15) is 12.1 Å². The Bertz CT molecular complexity index is 452. The Morgan fingerprint density at radius 2 is 2.50 bits per heavy atom. The number of hydrogen-bond acceptors (Lipinski definition) is 5. The molecule has 5 nitrogen and oxygen atoms in total. The maximum atomic E-state index is 8.68. The van der Waals surface area contributed by atoms with Crippen LogP contribution in [0.5, 0.6) is 5.88 Å². The third kappa shape index (κ3) is 2.18. The zero-order chi connectivity index (χ0) is 11.4. The average Bonchev–Trinajstić information content (AvgIpc) is 2.85. The van der Waals surface area contributed by atoms with Gasteiger partial charge in [-0.25, -0.2) is 0 Å². The fraction of sp³-hybridized carbons (Fsp3) is 0.500. The summed E-state index contributed by atoms with van der Waals surface area (Å²) in [5, 5.41) is 13.9. The summed E-state index contributed by atoms with van der Waals surface area (Å²) >= 11 is 1.59. The predicted molar refractivity (Wildman–Crippen MR) is 63.0 cm³/mol. The first kappa shape index (κ1) is 11.4. The molecule has 2 aromatic heterocycles. The van der Waals surface area contributed by atoms with E-state index in [1.165, 1.54) is 0 Å². The molecule has 88 valence electrons. The average molecular weight is 241 g/mol. The molecule has 0 aromatic carbocycles. The van der Waals surface area contributed by atoms with E-state index in [4.69, 9.17) is 9.84 Å². The highest BCUT2D eigenvalue weighted by atomic mass is 32.1. The summed E-state index contributed by atoms with van der Waals surface area (Å²) in [5.74, 6) is 0.670. The lowest BCUT2D eigenvalue weighted by molar-refractivity contribution is 0.285. The molecule has 0 spiro atoms. The smallest absolute Gasteiger partial charge is 0.237 e. The van der Waals surface area contributed by atoms with Crippen molar-refractivity contribution in [3.63, 3.8) is 0 Å². The Balaban J connectivity index is 2.10. The number of aliphatic hydroxyl groups excluding tert-OH is 1. The minimum Gasteiger partial charge on any atom is -0.480 e. The van der Waals surface area contributed by atoms with Gasteiger partial charge in [0, 0.05) is 24.7 Å². The molecule has 0 saturated heterocycles. The lowest BCUT2D eigenvalue weighted by Crippen LogP contribution is -2.17. The second kappa shape index (κ2) is 5.29. The fourth-order valence-corrected chi connectivity index (χ4v) is 2.27. The lowest BCUT2D eigenvalue weighted by Gasteiger charge is -2.04. The van der Waals surface area contributed by atoms with Crippen molar-refractivity contribution in [1.29, 1.82) is 0 Å². The van der Waals surface area contributed by atoms with E-state index in [1.54, 1.807) is 18.4 Å². The Morgan fingerprint density at radius 3 is 3.25 bits per heavy atom. The van der Waals surface area contributed by atoms with Crippen LogP contribution in [0.4, 0.5) is 0 Å². The van der Waals surface area contributed by atoms with Gasteiger partial charge in [0.05, 0.1) is 7.11 Å². The summed E-state index contributed by atoms with van der Waals surface area (Å²) in [6.07, 6.45) is 2.74. The van der Waals surface area contributed by atoms with Gasteiger partial charge in [-0.1, -0.05) is 0 Å². The predicted octanol–water partition coefficient (Wildman–Crippen LogP) is 0.876. The summed E-state index contributed by atoms with van der Waals surface area (Å²) in [7, 11) is 1.63. The van der Waals surface area contributed by atoms with Crippen LogP contribution < -0.4 is 10.1 Å². The SMILES string of the molecule is COc1nc2sccn2c1CNCCCO. The molecule has 2 heterocycles. The van der Waals surface area contributed by atoms with E-state index in [9.17, 15) is 0 Å². The van der Waals surface area contributed by atoms with Crippen LogP contribution in [0.2, 0.25) is 0 Å². The van der Waals surface area contributed by atoms with Crippen molar-refractivity contribution in [3.8, 4) is 5.88 Å². The number of fused-ring (bicyclic) bond motifs is 1. The molecule has 2 aromatic rings. The monoisotopic (exact) mass is 241 g/mol. The molecule has 0 aliphatic carbocycles. The van der Waals surface area contributed by atoms with Crippen LogP contribution in [-0.2, 0) is 6.54 Å². The Morgan fingerprint density at radius 1 is 1.62 bits per heavy atom. The molecule has 0 bridgehead atoms. The standard InChI is InChI=1S/C10H15N3O2S/c1-15-9-8(7-11-3-2-5-14)13-4-6-16-10(13)12-9/h4,6,11,14H,2-3,5,7H2,1H3. The van der Waals surface area contributed by atoms with E-state index in [1.807, 2.05) is 16.0 Å². The van der Waals surface area contributed by atoms with E-state index in [2.05, 4.69) is 10.3 Å². The molecule has 0 atom stereocenters. The molecule has 16 heavy (non-hydrogen) atoms. The summed E-state index contributed by atoms with van der Waals surface area (Å²) in [6.45, 7) is 1.70. The zero-order valence-corrected chi connectivity index (χ0v) is 9.96. The number of nitrogens with one attached hydrogen (secondary N) is 1. The quantitative estimate of drug-likeness (QED) is 0.737. The van der Waals surface area contributed by atoms with Crippen LogP contribution in [-0.4, -0.2) is 34.8 Å². The Labute approximate surface area is 97.7 Å². The van der Waals surface area contributed by atoms with Gasteiger partial charge in [0.15, 0.2) is 4.96 Å².